The third kappa shape index (κ3) is 4.87. The summed E-state index contributed by atoms with van der Waals surface area (Å²) in [6.45, 7) is 7.95. The van der Waals surface area contributed by atoms with Gasteiger partial charge in [0.15, 0.2) is 0 Å². The van der Waals surface area contributed by atoms with Crippen LogP contribution < -0.4 is 4.74 Å². The van der Waals surface area contributed by atoms with E-state index in [1.165, 1.54) is 23.5 Å². The molecule has 2 bridgehead atoms. The highest BCUT2D eigenvalue weighted by atomic mass is 32.1. The summed E-state index contributed by atoms with van der Waals surface area (Å²) in [6.07, 6.45) is 4.50. The number of fused-ring (bicyclic) bond motifs is 2. The molecule has 0 spiro atoms. The van der Waals surface area contributed by atoms with Gasteiger partial charge in [-0.2, -0.15) is 5.10 Å². The molecular weight excluding hydrogens is 596 g/mol. The summed E-state index contributed by atoms with van der Waals surface area (Å²) in [7, 11) is 5.78. The number of hydrogen-bond donors (Lipinski definition) is 0. The molecule has 4 aromatic rings. The molecule has 3 fully saturated rings. The van der Waals surface area contributed by atoms with Crippen LogP contribution in [0, 0.1) is 17.0 Å². The van der Waals surface area contributed by atoms with Gasteiger partial charge in [0.2, 0.25) is 5.91 Å². The first-order chi connectivity index (χ1) is 21.6. The Labute approximate surface area is 265 Å². The zero-order chi connectivity index (χ0) is 31.7. The molecule has 0 saturated heterocycles. The predicted molar refractivity (Wildman–Crippen MR) is 170 cm³/mol. The Morgan fingerprint density at radius 1 is 1.20 bits per heavy atom. The van der Waals surface area contributed by atoms with Crippen LogP contribution in [0.5, 0.6) is 5.75 Å². The van der Waals surface area contributed by atoms with Gasteiger partial charge in [0.1, 0.15) is 35.4 Å². The summed E-state index contributed by atoms with van der Waals surface area (Å²) in [5, 5.41) is 7.98. The summed E-state index contributed by atoms with van der Waals surface area (Å²) in [6, 6.07) is 6.03. The molecule has 1 aromatic carbocycles. The third-order valence-electron chi connectivity index (χ3n) is 9.58. The maximum atomic E-state index is 16.0. The number of hydrogen-bond acceptors (Lipinski definition) is 7. The number of methoxy groups -OCH3 is 1. The Balaban J connectivity index is 1.42. The van der Waals surface area contributed by atoms with Gasteiger partial charge in [0, 0.05) is 52.9 Å². The van der Waals surface area contributed by atoms with Crippen molar-refractivity contribution in [2.24, 2.45) is 5.41 Å². The normalized spacial score (nSPS) is 23.5. The lowest BCUT2D eigenvalue weighted by Crippen LogP contribution is -2.67. The number of amides is 1. The molecular formula is C34H37F2N5O3S. The molecule has 0 unspecified atom stereocenters. The molecule has 1 atom stereocenters. The van der Waals surface area contributed by atoms with Crippen LogP contribution in [-0.4, -0.2) is 77.5 Å². The highest BCUT2D eigenvalue weighted by molar-refractivity contribution is 7.17. The Morgan fingerprint density at radius 3 is 2.69 bits per heavy atom. The zero-order valence-corrected chi connectivity index (χ0v) is 26.8. The number of ether oxygens (including phenoxy) is 2. The number of benzene rings is 1. The van der Waals surface area contributed by atoms with E-state index in [1.807, 2.05) is 23.1 Å². The first-order valence-corrected chi connectivity index (χ1v) is 16.1. The van der Waals surface area contributed by atoms with Crippen LogP contribution in [0.15, 0.2) is 42.3 Å². The molecule has 11 heteroatoms. The van der Waals surface area contributed by atoms with Crippen molar-refractivity contribution in [2.45, 2.75) is 50.7 Å². The van der Waals surface area contributed by atoms with Crippen LogP contribution in [0.25, 0.3) is 32.6 Å². The molecule has 4 aliphatic rings. The van der Waals surface area contributed by atoms with E-state index >= 15 is 4.39 Å². The minimum absolute atomic E-state index is 0.0389. The molecule has 0 N–H and O–H groups in total. The molecule has 1 aliphatic heterocycles. The maximum absolute atomic E-state index is 16.0. The number of carbonyl (C=O) groups excluding carboxylic acids is 1. The van der Waals surface area contributed by atoms with Crippen LogP contribution in [0.2, 0.25) is 0 Å². The van der Waals surface area contributed by atoms with Crippen molar-refractivity contribution >= 4 is 27.3 Å². The van der Waals surface area contributed by atoms with Gasteiger partial charge in [-0.3, -0.25) is 9.48 Å². The Hall–Kier alpha value is -3.67. The summed E-state index contributed by atoms with van der Waals surface area (Å²) in [5.74, 6) is -1.51. The first kappa shape index (κ1) is 30.0. The van der Waals surface area contributed by atoms with Crippen LogP contribution in [0.1, 0.15) is 37.6 Å². The quantitative estimate of drug-likeness (QED) is 0.157. The van der Waals surface area contributed by atoms with Gasteiger partial charge < -0.3 is 19.3 Å². The molecule has 3 aromatic heterocycles. The number of rotatable bonds is 10. The average molecular weight is 634 g/mol. The number of thiophene rings is 1. The van der Waals surface area contributed by atoms with Gasteiger partial charge >= 0.3 is 0 Å². The number of carbonyl (C=O) groups is 1. The monoisotopic (exact) mass is 633 g/mol. The zero-order valence-electron chi connectivity index (χ0n) is 26.0. The van der Waals surface area contributed by atoms with E-state index in [0.717, 1.165) is 53.3 Å². The first-order valence-electron chi connectivity index (χ1n) is 15.2. The van der Waals surface area contributed by atoms with E-state index in [4.69, 9.17) is 19.6 Å². The fraction of sp³-hybridized carbons (Fsp3) is 0.441. The highest BCUT2D eigenvalue weighted by Gasteiger charge is 2.69. The van der Waals surface area contributed by atoms with Gasteiger partial charge in [-0.1, -0.05) is 6.58 Å². The Morgan fingerprint density at radius 2 is 1.98 bits per heavy atom. The summed E-state index contributed by atoms with van der Waals surface area (Å²) >= 11 is 1.51. The molecule has 3 aliphatic carbocycles. The molecule has 8 nitrogen and oxygen atoms in total. The lowest BCUT2D eigenvalue weighted by molar-refractivity contribution is -0.152. The number of nitrogens with zero attached hydrogens (tertiary/aromatic N) is 5. The molecule has 1 amide bonds. The lowest BCUT2D eigenvalue weighted by atomic mass is 9.34. The van der Waals surface area contributed by atoms with E-state index in [9.17, 15) is 9.18 Å². The van der Waals surface area contributed by atoms with Gasteiger partial charge in [-0.05, 0) is 69.3 Å². The largest absolute Gasteiger partial charge is 0.490 e. The summed E-state index contributed by atoms with van der Waals surface area (Å²) in [5.41, 5.74) is 3.94. The number of pyridine rings is 1. The predicted octanol–water partition coefficient (Wildman–Crippen LogP) is 6.03. The summed E-state index contributed by atoms with van der Waals surface area (Å²) < 4.78 is 44.5. The fourth-order valence-electron chi connectivity index (χ4n) is 8.02. The van der Waals surface area contributed by atoms with Crippen LogP contribution in [0.3, 0.4) is 0 Å². The molecule has 4 heterocycles. The van der Waals surface area contributed by atoms with Crippen molar-refractivity contribution in [1.82, 2.24) is 24.6 Å². The summed E-state index contributed by atoms with van der Waals surface area (Å²) in [4.78, 5) is 22.0. The van der Waals surface area contributed by atoms with Crippen LogP contribution >= 0.6 is 11.3 Å². The van der Waals surface area contributed by atoms with Crippen molar-refractivity contribution in [3.63, 3.8) is 0 Å². The Bertz CT molecular complexity index is 1810. The smallest absolute Gasteiger partial charge is 0.246 e. The van der Waals surface area contributed by atoms with Crippen molar-refractivity contribution < 1.29 is 23.0 Å². The van der Waals surface area contributed by atoms with Gasteiger partial charge in [-0.25, -0.2) is 13.8 Å². The van der Waals surface area contributed by atoms with E-state index in [0.29, 0.717) is 35.5 Å². The minimum atomic E-state index is -0.733. The van der Waals surface area contributed by atoms with Gasteiger partial charge in [0.25, 0.3) is 0 Å². The Kier molecular flexibility index (Phi) is 7.33. The molecule has 236 valence electrons. The third-order valence-corrected chi connectivity index (χ3v) is 10.5. The second-order valence-corrected chi connectivity index (χ2v) is 14.1. The topological polar surface area (TPSA) is 72.7 Å². The maximum Gasteiger partial charge on any atom is 0.246 e. The molecule has 0 radical (unpaired) electrons. The second-order valence-electron chi connectivity index (χ2n) is 13.2. The van der Waals surface area contributed by atoms with E-state index in [-0.39, 0.29) is 41.9 Å². The minimum Gasteiger partial charge on any atom is -0.490 e. The van der Waals surface area contributed by atoms with Crippen LogP contribution in [0.4, 0.5) is 8.78 Å². The molecule has 3 saturated carbocycles. The van der Waals surface area contributed by atoms with Crippen molar-refractivity contribution in [3.05, 3.63) is 65.3 Å². The van der Waals surface area contributed by atoms with Gasteiger partial charge in [-0.15, -0.1) is 11.3 Å². The lowest BCUT2D eigenvalue weighted by Gasteiger charge is -2.71. The van der Waals surface area contributed by atoms with Gasteiger partial charge in [0.05, 0.1) is 36.6 Å². The van der Waals surface area contributed by atoms with E-state index in [1.54, 1.807) is 12.0 Å². The number of aromatic nitrogens is 3. The average Bonchev–Trinajstić information content (AvgIpc) is 3.60. The SMILES string of the molecule is C=CC(=O)N1Cc2cc(-c3nc(C45CC(CN(C)C)(C4)C5)c4ccsc4c3-c3c(F)cc(F)cc3OCCOC)nn2C[C@H]1C. The fourth-order valence-corrected chi connectivity index (χ4v) is 8.97. The standard InChI is InChI=1S/C34H37F2N5O3S/c1-6-27(42)40-15-22-13-25(38-41(22)14-20(40)2)30-29(28-24(36)11-21(35)12-26(28)44-9-8-43-5)31-23(7-10-45-31)32(37-30)34-16-33(17-34,18-34)19-39(3)4/h6-7,10-13,20H,1,8-9,14-19H2,2-5H3/t20-,33?,34?/m1/s1. The van der Waals surface area contributed by atoms with Crippen molar-refractivity contribution in [1.29, 1.82) is 0 Å². The number of halogens is 2. The van der Waals surface area contributed by atoms with Crippen molar-refractivity contribution in [2.75, 3.05) is 41.0 Å². The van der Waals surface area contributed by atoms with Crippen LogP contribution in [-0.2, 0) is 28.0 Å². The molecule has 45 heavy (non-hydrogen) atoms. The van der Waals surface area contributed by atoms with E-state index in [2.05, 4.69) is 31.6 Å². The van der Waals surface area contributed by atoms with E-state index < -0.39 is 11.6 Å². The second kappa shape index (κ2) is 11.0. The van der Waals surface area contributed by atoms with Crippen molar-refractivity contribution in [3.8, 4) is 28.3 Å². The highest BCUT2D eigenvalue weighted by Crippen LogP contribution is 2.74. The molecule has 8 rings (SSSR count).